The fourth-order valence-corrected chi connectivity index (χ4v) is 4.41. The zero-order valence-electron chi connectivity index (χ0n) is 13.3. The molecule has 2 heterocycles. The monoisotopic (exact) mass is 321 g/mol. The van der Waals surface area contributed by atoms with Crippen LogP contribution in [0.2, 0.25) is 0 Å². The van der Waals surface area contributed by atoms with Crippen LogP contribution in [0.1, 0.15) is 61.0 Å². The van der Waals surface area contributed by atoms with Gasteiger partial charge in [0.25, 0.3) is 5.91 Å². The predicted octanol–water partition coefficient (Wildman–Crippen LogP) is 3.31. The molecule has 1 saturated heterocycles. The van der Waals surface area contributed by atoms with Crippen molar-refractivity contribution in [2.45, 2.75) is 57.4 Å². The number of carbonyl (C=O) groups is 1. The van der Waals surface area contributed by atoms with Gasteiger partial charge in [-0.2, -0.15) is 0 Å². The average Bonchev–Trinajstić information content (AvgIpc) is 2.95. The summed E-state index contributed by atoms with van der Waals surface area (Å²) in [5, 5.41) is 3.10. The average molecular weight is 321 g/mol. The van der Waals surface area contributed by atoms with Crippen molar-refractivity contribution >= 4 is 17.2 Å². The summed E-state index contributed by atoms with van der Waals surface area (Å²) < 4.78 is 0. The van der Waals surface area contributed by atoms with Gasteiger partial charge in [0.1, 0.15) is 4.88 Å². The van der Waals surface area contributed by atoms with E-state index in [0.717, 1.165) is 24.0 Å². The van der Waals surface area contributed by atoms with Crippen molar-refractivity contribution in [3.63, 3.8) is 0 Å². The number of likely N-dealkylation sites (tertiary alicyclic amines) is 1. The second-order valence-electron chi connectivity index (χ2n) is 6.72. The normalized spacial score (nSPS) is 24.8. The number of nitrogens with zero attached hydrogens (tertiary/aromatic N) is 2. The minimum atomic E-state index is 0.0362. The molecule has 4 nitrogen and oxygen atoms in total. The highest BCUT2D eigenvalue weighted by molar-refractivity contribution is 7.11. The summed E-state index contributed by atoms with van der Waals surface area (Å²) in [6, 6.07) is 0.794. The van der Waals surface area contributed by atoms with Crippen LogP contribution >= 0.6 is 11.3 Å². The molecule has 1 atom stereocenters. The van der Waals surface area contributed by atoms with Gasteiger partial charge in [-0.15, -0.1) is 11.3 Å². The molecule has 122 valence electrons. The maximum absolute atomic E-state index is 12.0. The van der Waals surface area contributed by atoms with Gasteiger partial charge in [-0.3, -0.25) is 9.78 Å². The number of rotatable bonds is 4. The van der Waals surface area contributed by atoms with Crippen LogP contribution in [0.5, 0.6) is 0 Å². The Kier molecular flexibility index (Phi) is 5.84. The largest absolute Gasteiger partial charge is 0.351 e. The summed E-state index contributed by atoms with van der Waals surface area (Å²) in [4.78, 5) is 19.4. The Labute approximate surface area is 137 Å². The number of carbonyl (C=O) groups excluding carboxylic acids is 1. The van der Waals surface area contributed by atoms with E-state index >= 15 is 0 Å². The maximum Gasteiger partial charge on any atom is 0.263 e. The Morgan fingerprint density at radius 3 is 2.77 bits per heavy atom. The number of hydrogen-bond acceptors (Lipinski definition) is 4. The molecule has 1 aliphatic carbocycles. The molecule has 22 heavy (non-hydrogen) atoms. The quantitative estimate of drug-likeness (QED) is 0.865. The Morgan fingerprint density at radius 2 is 2.05 bits per heavy atom. The number of piperidine rings is 1. The molecule has 0 radical (unpaired) electrons. The van der Waals surface area contributed by atoms with E-state index in [1.165, 1.54) is 69.2 Å². The summed E-state index contributed by atoms with van der Waals surface area (Å²) >= 11 is 1.41. The molecule has 1 N–H and O–H groups in total. The first-order chi connectivity index (χ1) is 10.8. The fraction of sp³-hybridized carbons (Fsp3) is 0.765. The van der Waals surface area contributed by atoms with E-state index in [1.54, 1.807) is 11.7 Å². The van der Waals surface area contributed by atoms with Crippen molar-refractivity contribution in [1.82, 2.24) is 15.2 Å². The molecule has 0 unspecified atom stereocenters. The summed E-state index contributed by atoms with van der Waals surface area (Å²) in [5.74, 6) is 0.642. The first-order valence-corrected chi connectivity index (χ1v) is 9.61. The van der Waals surface area contributed by atoms with Crippen LogP contribution < -0.4 is 5.32 Å². The molecule has 2 fully saturated rings. The van der Waals surface area contributed by atoms with E-state index in [9.17, 15) is 4.79 Å². The number of nitrogens with one attached hydrogen (secondary N) is 1. The Morgan fingerprint density at radius 1 is 1.23 bits per heavy atom. The lowest BCUT2D eigenvalue weighted by Crippen LogP contribution is -2.45. The second-order valence-corrected chi connectivity index (χ2v) is 7.61. The van der Waals surface area contributed by atoms with E-state index in [2.05, 4.69) is 15.2 Å². The lowest BCUT2D eigenvalue weighted by Gasteiger charge is -2.38. The number of thiazole rings is 1. The highest BCUT2D eigenvalue weighted by Crippen LogP contribution is 2.26. The summed E-state index contributed by atoms with van der Waals surface area (Å²) in [6.07, 6.45) is 12.5. The molecule has 2 aliphatic rings. The topological polar surface area (TPSA) is 45.2 Å². The van der Waals surface area contributed by atoms with Gasteiger partial charge in [-0.1, -0.05) is 25.7 Å². The van der Waals surface area contributed by atoms with Gasteiger partial charge in [0, 0.05) is 19.1 Å². The van der Waals surface area contributed by atoms with Gasteiger partial charge in [0.2, 0.25) is 0 Å². The van der Waals surface area contributed by atoms with Crippen molar-refractivity contribution in [3.8, 4) is 0 Å². The van der Waals surface area contributed by atoms with Gasteiger partial charge >= 0.3 is 0 Å². The molecule has 0 spiro atoms. The smallest absolute Gasteiger partial charge is 0.263 e. The van der Waals surface area contributed by atoms with Crippen LogP contribution in [0.4, 0.5) is 0 Å². The Bertz CT molecular complexity index is 454. The van der Waals surface area contributed by atoms with Gasteiger partial charge in [0.15, 0.2) is 0 Å². The van der Waals surface area contributed by atoms with Gasteiger partial charge < -0.3 is 10.2 Å². The van der Waals surface area contributed by atoms with E-state index < -0.39 is 0 Å². The van der Waals surface area contributed by atoms with Crippen molar-refractivity contribution in [2.24, 2.45) is 5.92 Å². The molecule has 0 bridgehead atoms. The first-order valence-electron chi connectivity index (χ1n) is 8.73. The van der Waals surface area contributed by atoms with Crippen molar-refractivity contribution < 1.29 is 4.79 Å². The SMILES string of the molecule is O=C(NC[C@H]1CCCN(C2CCCCCC2)C1)c1cncs1. The van der Waals surface area contributed by atoms with E-state index in [0.29, 0.717) is 5.92 Å². The molecule has 1 saturated carbocycles. The molecule has 1 amide bonds. The van der Waals surface area contributed by atoms with Crippen LogP contribution in [0.3, 0.4) is 0 Å². The lowest BCUT2D eigenvalue weighted by atomic mass is 9.94. The van der Waals surface area contributed by atoms with Crippen molar-refractivity contribution in [1.29, 1.82) is 0 Å². The van der Waals surface area contributed by atoms with Crippen LogP contribution in [-0.4, -0.2) is 41.5 Å². The molecule has 3 rings (SSSR count). The second kappa shape index (κ2) is 8.06. The van der Waals surface area contributed by atoms with Gasteiger partial charge in [0.05, 0.1) is 11.7 Å². The third-order valence-corrected chi connectivity index (χ3v) is 5.87. The first kappa shape index (κ1) is 15.9. The van der Waals surface area contributed by atoms with E-state index in [-0.39, 0.29) is 5.91 Å². The van der Waals surface area contributed by atoms with E-state index in [4.69, 9.17) is 0 Å². The number of aromatic nitrogens is 1. The van der Waals surface area contributed by atoms with E-state index in [1.807, 2.05) is 0 Å². The minimum absolute atomic E-state index is 0.0362. The zero-order chi connectivity index (χ0) is 15.2. The fourth-order valence-electron chi connectivity index (χ4n) is 3.87. The molecule has 5 heteroatoms. The Hall–Kier alpha value is -0.940. The Balaban J connectivity index is 1.47. The highest BCUT2D eigenvalue weighted by atomic mass is 32.1. The van der Waals surface area contributed by atoms with Gasteiger partial charge in [-0.05, 0) is 38.1 Å². The highest BCUT2D eigenvalue weighted by Gasteiger charge is 2.26. The standard InChI is InChI=1S/C17H27N3OS/c21-17(16-11-18-13-22-16)19-10-14-6-5-9-20(12-14)15-7-3-1-2-4-8-15/h11,13-15H,1-10,12H2,(H,19,21)/t14-/m1/s1. The predicted molar refractivity (Wildman–Crippen MR) is 90.2 cm³/mol. The third kappa shape index (κ3) is 4.29. The van der Waals surface area contributed by atoms with Gasteiger partial charge in [-0.25, -0.2) is 0 Å². The van der Waals surface area contributed by atoms with Crippen LogP contribution in [0, 0.1) is 5.92 Å². The third-order valence-electron chi connectivity index (χ3n) is 5.10. The van der Waals surface area contributed by atoms with Crippen LogP contribution in [-0.2, 0) is 0 Å². The summed E-state index contributed by atoms with van der Waals surface area (Å²) in [5.41, 5.74) is 1.71. The zero-order valence-corrected chi connectivity index (χ0v) is 14.1. The number of hydrogen-bond donors (Lipinski definition) is 1. The minimum Gasteiger partial charge on any atom is -0.351 e. The van der Waals surface area contributed by atoms with Crippen LogP contribution in [0.15, 0.2) is 11.7 Å². The lowest BCUT2D eigenvalue weighted by molar-refractivity contribution is 0.0902. The van der Waals surface area contributed by atoms with Crippen molar-refractivity contribution in [2.75, 3.05) is 19.6 Å². The maximum atomic E-state index is 12.0. The molecule has 0 aromatic carbocycles. The number of amides is 1. The molecule has 1 aromatic heterocycles. The summed E-state index contributed by atoms with van der Waals surface area (Å²) in [6.45, 7) is 3.22. The van der Waals surface area contributed by atoms with Crippen LogP contribution in [0.25, 0.3) is 0 Å². The molecular formula is C17H27N3OS. The molecule has 1 aromatic rings. The van der Waals surface area contributed by atoms with Crippen molar-refractivity contribution in [3.05, 3.63) is 16.6 Å². The summed E-state index contributed by atoms with van der Waals surface area (Å²) in [7, 11) is 0. The molecule has 1 aliphatic heterocycles. The molecular weight excluding hydrogens is 294 g/mol.